The minimum Gasteiger partial charge on any atom is -0.484 e. The first-order valence-electron chi connectivity index (χ1n) is 6.89. The highest BCUT2D eigenvalue weighted by Crippen LogP contribution is 2.20. The third kappa shape index (κ3) is 5.84. The second-order valence-electron chi connectivity index (χ2n) is 4.79. The number of nitrogens with one attached hydrogen (secondary N) is 2. The van der Waals surface area contributed by atoms with E-state index in [2.05, 4.69) is 15.4 Å². The number of hydrogen-bond donors (Lipinski definition) is 3. The van der Waals surface area contributed by atoms with Crippen molar-refractivity contribution >= 4 is 11.7 Å². The van der Waals surface area contributed by atoms with Crippen molar-refractivity contribution in [1.29, 1.82) is 0 Å². The molecule has 0 spiro atoms. The molecule has 0 saturated carbocycles. The van der Waals surface area contributed by atoms with Crippen LogP contribution in [0.2, 0.25) is 0 Å². The number of benzene rings is 1. The van der Waals surface area contributed by atoms with Crippen molar-refractivity contribution in [3.8, 4) is 5.75 Å². The number of carbonyl (C=O) groups excluding carboxylic acids is 1. The monoisotopic (exact) mass is 344 g/mol. The second-order valence-corrected chi connectivity index (χ2v) is 4.79. The van der Waals surface area contributed by atoms with E-state index in [1.165, 1.54) is 30.5 Å². The van der Waals surface area contributed by atoms with E-state index in [-0.39, 0.29) is 12.3 Å². The predicted octanol–water partition coefficient (Wildman–Crippen LogP) is 3.08. The van der Waals surface area contributed by atoms with Crippen molar-refractivity contribution in [2.75, 3.05) is 18.5 Å². The number of rotatable bonds is 6. The van der Waals surface area contributed by atoms with Gasteiger partial charge in [0.2, 0.25) is 0 Å². The zero-order valence-corrected chi connectivity index (χ0v) is 12.3. The van der Waals surface area contributed by atoms with Crippen LogP contribution in [0.1, 0.15) is 11.9 Å². The fourth-order valence-electron chi connectivity index (χ4n) is 1.75. The molecule has 0 fully saturated rings. The molecule has 0 radical (unpaired) electrons. The molecule has 1 aromatic heterocycles. The van der Waals surface area contributed by atoms with Gasteiger partial charge in [0.05, 0.1) is 12.8 Å². The summed E-state index contributed by atoms with van der Waals surface area (Å²) in [7, 11) is 0. The number of ether oxygens (including phenoxy) is 1. The van der Waals surface area contributed by atoms with Gasteiger partial charge in [-0.2, -0.15) is 13.2 Å². The van der Waals surface area contributed by atoms with Gasteiger partial charge in [-0.15, -0.1) is 0 Å². The SMILES string of the molecule is O=C(NCC(O)c1ccco1)Nc1ccc(OCC(F)(F)F)cc1. The molecule has 1 atom stereocenters. The van der Waals surface area contributed by atoms with Crippen molar-refractivity contribution in [2.24, 2.45) is 0 Å². The van der Waals surface area contributed by atoms with Crippen LogP contribution in [0, 0.1) is 0 Å². The van der Waals surface area contributed by atoms with Gasteiger partial charge in [-0.1, -0.05) is 0 Å². The maximum absolute atomic E-state index is 12.0. The number of alkyl halides is 3. The number of furan rings is 1. The summed E-state index contributed by atoms with van der Waals surface area (Å²) in [5, 5.41) is 14.7. The molecule has 2 aromatic rings. The fourth-order valence-corrected chi connectivity index (χ4v) is 1.75. The Bertz CT molecular complexity index is 642. The van der Waals surface area contributed by atoms with E-state index in [0.717, 1.165) is 0 Å². The number of amides is 2. The van der Waals surface area contributed by atoms with Crippen LogP contribution in [-0.4, -0.2) is 30.5 Å². The van der Waals surface area contributed by atoms with E-state index < -0.39 is 24.9 Å². The van der Waals surface area contributed by atoms with Gasteiger partial charge in [0, 0.05) is 5.69 Å². The molecule has 0 aliphatic rings. The zero-order valence-electron chi connectivity index (χ0n) is 12.3. The van der Waals surface area contributed by atoms with Crippen molar-refractivity contribution in [3.05, 3.63) is 48.4 Å². The largest absolute Gasteiger partial charge is 0.484 e. The molecule has 9 heteroatoms. The molecule has 130 valence electrons. The summed E-state index contributed by atoms with van der Waals surface area (Å²) in [5.74, 6) is 0.355. The maximum atomic E-state index is 12.0. The molecular formula is C15H15F3N2O4. The summed E-state index contributed by atoms with van der Waals surface area (Å²) in [4.78, 5) is 11.7. The Hall–Kier alpha value is -2.68. The Kier molecular flexibility index (Phi) is 5.69. The highest BCUT2D eigenvalue weighted by atomic mass is 19.4. The standard InChI is InChI=1S/C15H15F3N2O4/c16-15(17,18)9-24-11-5-3-10(4-6-11)20-14(22)19-8-12(21)13-2-1-7-23-13/h1-7,12,21H,8-9H2,(H2,19,20,22). The Balaban J connectivity index is 1.77. The molecule has 1 unspecified atom stereocenters. The summed E-state index contributed by atoms with van der Waals surface area (Å²) in [5.41, 5.74) is 0.361. The van der Waals surface area contributed by atoms with Crippen LogP contribution in [0.3, 0.4) is 0 Å². The summed E-state index contributed by atoms with van der Waals surface area (Å²) < 4.78 is 45.6. The molecule has 1 heterocycles. The Labute approximate surface area is 135 Å². The quantitative estimate of drug-likeness (QED) is 0.752. The fraction of sp³-hybridized carbons (Fsp3) is 0.267. The van der Waals surface area contributed by atoms with Crippen LogP contribution in [-0.2, 0) is 0 Å². The molecule has 0 bridgehead atoms. The second kappa shape index (κ2) is 7.73. The molecule has 2 rings (SSSR count). The van der Waals surface area contributed by atoms with E-state index in [1.54, 1.807) is 12.1 Å². The van der Waals surface area contributed by atoms with E-state index in [1.807, 2.05) is 0 Å². The van der Waals surface area contributed by atoms with Crippen molar-refractivity contribution in [1.82, 2.24) is 5.32 Å². The summed E-state index contributed by atoms with van der Waals surface area (Å²) in [6.07, 6.45) is -3.99. The molecular weight excluding hydrogens is 329 g/mol. The normalized spacial score (nSPS) is 12.5. The first-order valence-corrected chi connectivity index (χ1v) is 6.89. The number of aliphatic hydroxyl groups excluding tert-OH is 1. The Morgan fingerprint density at radius 3 is 2.54 bits per heavy atom. The molecule has 1 aromatic carbocycles. The molecule has 0 aliphatic heterocycles. The third-order valence-corrected chi connectivity index (χ3v) is 2.84. The summed E-state index contributed by atoms with van der Waals surface area (Å²) in [6, 6.07) is 8.01. The molecule has 24 heavy (non-hydrogen) atoms. The van der Waals surface area contributed by atoms with Crippen LogP contribution < -0.4 is 15.4 Å². The Morgan fingerprint density at radius 1 is 1.25 bits per heavy atom. The number of carbonyl (C=O) groups is 1. The van der Waals surface area contributed by atoms with Crippen LogP contribution >= 0.6 is 0 Å². The summed E-state index contributed by atoms with van der Waals surface area (Å²) in [6.45, 7) is -1.45. The smallest absolute Gasteiger partial charge is 0.422 e. The zero-order chi connectivity index (χ0) is 17.6. The van der Waals surface area contributed by atoms with E-state index in [0.29, 0.717) is 11.4 Å². The van der Waals surface area contributed by atoms with Crippen molar-refractivity contribution < 1.29 is 32.2 Å². The van der Waals surface area contributed by atoms with Gasteiger partial charge in [0.25, 0.3) is 0 Å². The topological polar surface area (TPSA) is 83.7 Å². The maximum Gasteiger partial charge on any atom is 0.422 e. The van der Waals surface area contributed by atoms with E-state index in [4.69, 9.17) is 4.42 Å². The van der Waals surface area contributed by atoms with Gasteiger partial charge in [-0.05, 0) is 36.4 Å². The van der Waals surface area contributed by atoms with Crippen molar-refractivity contribution in [2.45, 2.75) is 12.3 Å². The van der Waals surface area contributed by atoms with E-state index >= 15 is 0 Å². The van der Waals surface area contributed by atoms with Crippen molar-refractivity contribution in [3.63, 3.8) is 0 Å². The Morgan fingerprint density at radius 2 is 1.96 bits per heavy atom. The van der Waals surface area contributed by atoms with Gasteiger partial charge in [0.1, 0.15) is 17.6 Å². The van der Waals surface area contributed by atoms with Crippen LogP contribution in [0.15, 0.2) is 47.1 Å². The van der Waals surface area contributed by atoms with Gasteiger partial charge < -0.3 is 24.9 Å². The average Bonchev–Trinajstić information content (AvgIpc) is 3.06. The molecule has 6 nitrogen and oxygen atoms in total. The highest BCUT2D eigenvalue weighted by molar-refractivity contribution is 5.89. The molecule has 0 saturated heterocycles. The number of halogens is 3. The number of urea groups is 1. The average molecular weight is 344 g/mol. The van der Waals surface area contributed by atoms with Gasteiger partial charge in [-0.25, -0.2) is 4.79 Å². The molecule has 0 aliphatic carbocycles. The number of anilines is 1. The predicted molar refractivity (Wildman–Crippen MR) is 78.7 cm³/mol. The minimum atomic E-state index is -4.41. The lowest BCUT2D eigenvalue weighted by molar-refractivity contribution is -0.153. The van der Waals surface area contributed by atoms with E-state index in [9.17, 15) is 23.1 Å². The minimum absolute atomic E-state index is 0.0338. The highest BCUT2D eigenvalue weighted by Gasteiger charge is 2.28. The third-order valence-electron chi connectivity index (χ3n) is 2.84. The van der Waals surface area contributed by atoms with Gasteiger partial charge in [-0.3, -0.25) is 0 Å². The first-order chi connectivity index (χ1) is 11.3. The number of hydrogen-bond acceptors (Lipinski definition) is 4. The lowest BCUT2D eigenvalue weighted by atomic mass is 10.3. The lowest BCUT2D eigenvalue weighted by Crippen LogP contribution is -2.32. The van der Waals surface area contributed by atoms with Crippen LogP contribution in [0.5, 0.6) is 5.75 Å². The van der Waals surface area contributed by atoms with Crippen LogP contribution in [0.4, 0.5) is 23.7 Å². The summed E-state index contributed by atoms with van der Waals surface area (Å²) >= 11 is 0. The molecule has 2 amide bonds. The first kappa shape index (κ1) is 17.7. The van der Waals surface area contributed by atoms with Gasteiger partial charge in [0.15, 0.2) is 6.61 Å². The lowest BCUT2D eigenvalue weighted by Gasteiger charge is -2.12. The number of aliphatic hydroxyl groups is 1. The molecule has 3 N–H and O–H groups in total. The van der Waals surface area contributed by atoms with Crippen LogP contribution in [0.25, 0.3) is 0 Å². The van der Waals surface area contributed by atoms with Gasteiger partial charge >= 0.3 is 12.2 Å².